The molecule has 0 saturated carbocycles. The van der Waals surface area contributed by atoms with Crippen molar-refractivity contribution >= 4 is 9.90 Å². The maximum atomic E-state index is 2.00. The summed E-state index contributed by atoms with van der Waals surface area (Å²) in [6, 6.07) is 12.0. The molecule has 1 rings (SSSR count). The van der Waals surface area contributed by atoms with Crippen LogP contribution in [0, 0.1) is 0 Å². The topological polar surface area (TPSA) is 31.5 Å². The number of hydrogen-bond acceptors (Lipinski definition) is 0. The van der Waals surface area contributed by atoms with Gasteiger partial charge in [0.05, 0.1) is 0 Å². The highest BCUT2D eigenvalue weighted by molar-refractivity contribution is 6.92. The van der Waals surface area contributed by atoms with Crippen molar-refractivity contribution in [2.45, 2.75) is 0 Å². The first kappa shape index (κ1) is 10.6. The van der Waals surface area contributed by atoms with E-state index in [1.165, 1.54) is 0 Å². The molecule has 1 nitrogen and oxygen atoms in total. The Morgan fingerprint density at radius 2 is 0.625 bits per heavy atom. The zero-order valence-corrected chi connectivity index (χ0v) is 6.09. The van der Waals surface area contributed by atoms with Gasteiger partial charge in [-0.25, -0.2) is 0 Å². The van der Waals surface area contributed by atoms with Crippen LogP contribution in [0.25, 0.3) is 0 Å². The van der Waals surface area contributed by atoms with E-state index in [1.807, 2.05) is 36.4 Å². The Morgan fingerprint density at radius 3 is 0.750 bits per heavy atom. The SMILES string of the molecule is O.P.c1ccccc1. The van der Waals surface area contributed by atoms with Crippen LogP contribution in [0.1, 0.15) is 0 Å². The van der Waals surface area contributed by atoms with Gasteiger partial charge in [0.15, 0.2) is 0 Å². The Labute approximate surface area is 52.7 Å². The summed E-state index contributed by atoms with van der Waals surface area (Å²) in [6.45, 7) is 0. The van der Waals surface area contributed by atoms with Crippen molar-refractivity contribution in [3.63, 3.8) is 0 Å². The number of benzene rings is 1. The maximum Gasteiger partial charge on any atom is -0.0623 e. The molecule has 0 heterocycles. The fourth-order valence-electron chi connectivity index (χ4n) is 0.385. The molecule has 1 aromatic rings. The van der Waals surface area contributed by atoms with Crippen LogP contribution >= 0.6 is 9.90 Å². The Kier molecular flexibility index (Phi) is 8.73. The molecule has 0 aromatic heterocycles. The second kappa shape index (κ2) is 6.61. The molecule has 0 saturated heterocycles. The van der Waals surface area contributed by atoms with E-state index in [1.54, 1.807) is 0 Å². The summed E-state index contributed by atoms with van der Waals surface area (Å²) in [4.78, 5) is 0. The van der Waals surface area contributed by atoms with Crippen molar-refractivity contribution in [1.29, 1.82) is 0 Å². The molecule has 8 heavy (non-hydrogen) atoms. The van der Waals surface area contributed by atoms with E-state index < -0.39 is 0 Å². The lowest BCUT2D eigenvalue weighted by molar-refractivity contribution is 0.824. The Morgan fingerprint density at radius 1 is 0.500 bits per heavy atom. The molecule has 2 heteroatoms. The minimum atomic E-state index is 0. The third kappa shape index (κ3) is 3.79. The van der Waals surface area contributed by atoms with E-state index in [-0.39, 0.29) is 15.4 Å². The zero-order chi connectivity index (χ0) is 4.24. The van der Waals surface area contributed by atoms with E-state index in [4.69, 9.17) is 0 Å². The minimum Gasteiger partial charge on any atom is -0.412 e. The lowest BCUT2D eigenvalue weighted by Crippen LogP contribution is -1.47. The van der Waals surface area contributed by atoms with Crippen LogP contribution in [0.2, 0.25) is 0 Å². The molecule has 0 aliphatic rings. The molecule has 0 aliphatic heterocycles. The molecule has 0 bridgehead atoms. The molecule has 0 aliphatic carbocycles. The average Bonchev–Trinajstić information content (AvgIpc) is 1.72. The van der Waals surface area contributed by atoms with E-state index >= 15 is 0 Å². The summed E-state index contributed by atoms with van der Waals surface area (Å²) >= 11 is 0. The van der Waals surface area contributed by atoms with Crippen LogP contribution in [0.15, 0.2) is 36.4 Å². The van der Waals surface area contributed by atoms with E-state index in [9.17, 15) is 0 Å². The summed E-state index contributed by atoms with van der Waals surface area (Å²) in [5, 5.41) is 0. The van der Waals surface area contributed by atoms with Gasteiger partial charge in [0.2, 0.25) is 0 Å². The van der Waals surface area contributed by atoms with Gasteiger partial charge in [0.25, 0.3) is 0 Å². The second-order valence-corrected chi connectivity index (χ2v) is 1.15. The molecule has 46 valence electrons. The smallest absolute Gasteiger partial charge is 0.0623 e. The highest BCUT2D eigenvalue weighted by atomic mass is 31.0. The van der Waals surface area contributed by atoms with Crippen molar-refractivity contribution in [3.05, 3.63) is 36.4 Å². The molecule has 0 fully saturated rings. The maximum absolute atomic E-state index is 2.00. The summed E-state index contributed by atoms with van der Waals surface area (Å²) in [7, 11) is 0. The Hall–Kier alpha value is -0.390. The van der Waals surface area contributed by atoms with Crippen molar-refractivity contribution in [1.82, 2.24) is 0 Å². The van der Waals surface area contributed by atoms with Gasteiger partial charge in [-0.3, -0.25) is 0 Å². The summed E-state index contributed by atoms with van der Waals surface area (Å²) < 4.78 is 0. The van der Waals surface area contributed by atoms with Gasteiger partial charge in [0.1, 0.15) is 0 Å². The minimum absolute atomic E-state index is 0. The third-order valence-corrected chi connectivity index (χ3v) is 0.667. The first-order chi connectivity index (χ1) is 3.00. The molecule has 0 radical (unpaired) electrons. The monoisotopic (exact) mass is 130 g/mol. The summed E-state index contributed by atoms with van der Waals surface area (Å²) in [5.41, 5.74) is 0. The highest BCUT2D eigenvalue weighted by Gasteiger charge is 1.57. The molecule has 1 unspecified atom stereocenters. The van der Waals surface area contributed by atoms with Crippen LogP contribution in [0.3, 0.4) is 0 Å². The van der Waals surface area contributed by atoms with Crippen LogP contribution in [0.4, 0.5) is 0 Å². The van der Waals surface area contributed by atoms with Gasteiger partial charge >= 0.3 is 0 Å². The van der Waals surface area contributed by atoms with Crippen molar-refractivity contribution in [2.24, 2.45) is 0 Å². The lowest BCUT2D eigenvalue weighted by Gasteiger charge is -1.69. The first-order valence-corrected chi connectivity index (χ1v) is 2.00. The van der Waals surface area contributed by atoms with Crippen LogP contribution in [-0.2, 0) is 0 Å². The van der Waals surface area contributed by atoms with Crippen molar-refractivity contribution in [3.8, 4) is 0 Å². The molecular formula is C6H11OP. The molecular weight excluding hydrogens is 119 g/mol. The predicted octanol–water partition coefficient (Wildman–Crippen LogP) is 0.920. The van der Waals surface area contributed by atoms with Crippen LogP contribution < -0.4 is 0 Å². The third-order valence-electron chi connectivity index (χ3n) is 0.667. The van der Waals surface area contributed by atoms with Gasteiger partial charge < -0.3 is 5.48 Å². The molecule has 0 spiro atoms. The van der Waals surface area contributed by atoms with E-state index in [0.29, 0.717) is 0 Å². The zero-order valence-electron chi connectivity index (χ0n) is 4.67. The Balaban J connectivity index is 0. The van der Waals surface area contributed by atoms with Gasteiger partial charge in [-0.1, -0.05) is 36.4 Å². The molecule has 2 N–H and O–H groups in total. The standard InChI is InChI=1S/C6H6.H2O.H3P/c1-2-4-6-5-3-1;;/h1-6H;1H2;1H3. The van der Waals surface area contributed by atoms with Crippen molar-refractivity contribution in [2.75, 3.05) is 0 Å². The fourth-order valence-corrected chi connectivity index (χ4v) is 0.385. The van der Waals surface area contributed by atoms with Gasteiger partial charge in [-0.15, -0.1) is 0 Å². The molecule has 1 aromatic carbocycles. The van der Waals surface area contributed by atoms with E-state index in [0.717, 1.165) is 0 Å². The lowest BCUT2D eigenvalue weighted by atomic mass is 10.4. The number of hydrogen-bond donors (Lipinski definition) is 0. The quantitative estimate of drug-likeness (QED) is 0.468. The molecule has 0 amide bonds. The normalized spacial score (nSPS) is 6.00. The Bertz CT molecular complexity index is 80.5. The summed E-state index contributed by atoms with van der Waals surface area (Å²) in [6.07, 6.45) is 0. The average molecular weight is 130 g/mol. The van der Waals surface area contributed by atoms with Gasteiger partial charge in [-0.2, -0.15) is 9.90 Å². The first-order valence-electron chi connectivity index (χ1n) is 2.00. The van der Waals surface area contributed by atoms with E-state index in [2.05, 4.69) is 0 Å². The second-order valence-electron chi connectivity index (χ2n) is 1.15. The largest absolute Gasteiger partial charge is 0.412 e. The van der Waals surface area contributed by atoms with Gasteiger partial charge in [0, 0.05) is 0 Å². The van der Waals surface area contributed by atoms with Crippen LogP contribution in [0.5, 0.6) is 0 Å². The summed E-state index contributed by atoms with van der Waals surface area (Å²) in [5.74, 6) is 0. The predicted molar refractivity (Wildman–Crippen MR) is 41.2 cm³/mol. The van der Waals surface area contributed by atoms with Gasteiger partial charge in [-0.05, 0) is 0 Å². The highest BCUT2D eigenvalue weighted by Crippen LogP contribution is 1.79. The van der Waals surface area contributed by atoms with Crippen LogP contribution in [-0.4, -0.2) is 5.48 Å². The number of rotatable bonds is 0. The van der Waals surface area contributed by atoms with Crippen molar-refractivity contribution < 1.29 is 5.48 Å². The molecule has 1 atom stereocenters. The fraction of sp³-hybridized carbons (Fsp3) is 0.